The molecule has 1 saturated heterocycles. The van der Waals surface area contributed by atoms with Crippen molar-refractivity contribution in [2.45, 2.75) is 13.3 Å². The molecule has 0 saturated carbocycles. The molecule has 1 aromatic heterocycles. The fourth-order valence-electron chi connectivity index (χ4n) is 3.39. The lowest BCUT2D eigenvalue weighted by Gasteiger charge is -2.21. The number of carbonyl (C=O) groups is 1. The molecule has 8 nitrogen and oxygen atoms in total. The topological polar surface area (TPSA) is 101 Å². The van der Waals surface area contributed by atoms with Gasteiger partial charge in [-0.1, -0.05) is 0 Å². The van der Waals surface area contributed by atoms with E-state index in [0.717, 1.165) is 0 Å². The Balaban J connectivity index is 1.96. The number of esters is 1. The third-order valence-corrected chi connectivity index (χ3v) is 4.85. The van der Waals surface area contributed by atoms with E-state index in [2.05, 4.69) is 4.98 Å². The number of fused-ring (bicyclic) bond motifs is 1. The molecule has 0 unspecified atom stereocenters. The van der Waals surface area contributed by atoms with E-state index in [-0.39, 0.29) is 23.8 Å². The van der Waals surface area contributed by atoms with Crippen LogP contribution in [0.1, 0.15) is 18.9 Å². The molecule has 0 radical (unpaired) electrons. The van der Waals surface area contributed by atoms with Crippen LogP contribution in [0.5, 0.6) is 0 Å². The minimum absolute atomic E-state index is 0.0149. The summed E-state index contributed by atoms with van der Waals surface area (Å²) in [5.74, 6) is -1.15. The van der Waals surface area contributed by atoms with Crippen molar-refractivity contribution in [3.63, 3.8) is 0 Å². The second-order valence-corrected chi connectivity index (χ2v) is 6.95. The highest BCUT2D eigenvalue weighted by Crippen LogP contribution is 2.34. The number of hydrogen-bond donors (Lipinski definition) is 0. The smallest absolute Gasteiger partial charge is 0.346 e. The largest absolute Gasteiger partial charge is 0.465 e. The van der Waals surface area contributed by atoms with Gasteiger partial charge in [-0.2, -0.15) is 0 Å². The fourth-order valence-corrected chi connectivity index (χ4v) is 3.39. The van der Waals surface area contributed by atoms with E-state index in [0.29, 0.717) is 47.4 Å². The average Bonchev–Trinajstić information content (AvgIpc) is 2.80. The molecule has 0 bridgehead atoms. The predicted molar refractivity (Wildman–Crippen MR) is 114 cm³/mol. The first-order chi connectivity index (χ1) is 15.5. The zero-order chi connectivity index (χ0) is 22.7. The summed E-state index contributed by atoms with van der Waals surface area (Å²) in [7, 11) is 0. The Morgan fingerprint density at radius 3 is 2.53 bits per heavy atom. The number of carbonyl (C=O) groups excluding carboxylic acids is 1. The van der Waals surface area contributed by atoms with Crippen LogP contribution in [0.25, 0.3) is 27.7 Å². The van der Waals surface area contributed by atoms with Crippen molar-refractivity contribution in [2.75, 3.05) is 19.8 Å². The molecule has 2 heterocycles. The van der Waals surface area contributed by atoms with Gasteiger partial charge in [0.05, 0.1) is 36.0 Å². The minimum Gasteiger partial charge on any atom is -0.465 e. The molecule has 32 heavy (non-hydrogen) atoms. The third-order valence-electron chi connectivity index (χ3n) is 4.85. The van der Waals surface area contributed by atoms with Crippen molar-refractivity contribution < 1.29 is 28.3 Å². The Morgan fingerprint density at radius 2 is 1.88 bits per heavy atom. The molecule has 1 fully saturated rings. The van der Waals surface area contributed by atoms with Crippen molar-refractivity contribution in [3.8, 4) is 11.3 Å². The first-order valence-electron chi connectivity index (χ1n) is 10.0. The van der Waals surface area contributed by atoms with Crippen molar-refractivity contribution in [1.82, 2.24) is 4.98 Å². The lowest BCUT2D eigenvalue weighted by Crippen LogP contribution is -2.17. The van der Waals surface area contributed by atoms with Gasteiger partial charge in [0.2, 0.25) is 0 Å². The summed E-state index contributed by atoms with van der Waals surface area (Å²) in [4.78, 5) is 28.0. The summed E-state index contributed by atoms with van der Waals surface area (Å²) in [6.45, 7) is 2.53. The molecule has 2 aromatic carbocycles. The van der Waals surface area contributed by atoms with Crippen LogP contribution in [0.15, 0.2) is 54.5 Å². The number of ether oxygens (including phenoxy) is 3. The highest BCUT2D eigenvalue weighted by Gasteiger charge is 2.27. The van der Waals surface area contributed by atoms with Crippen molar-refractivity contribution in [1.29, 1.82) is 0 Å². The number of nitro benzene ring substituents is 1. The number of aromatic nitrogens is 1. The molecule has 0 amide bonds. The monoisotopic (exact) mass is 438 g/mol. The Morgan fingerprint density at radius 1 is 1.16 bits per heavy atom. The number of non-ortho nitro benzene ring substituents is 1. The maximum atomic E-state index is 14.1. The van der Waals surface area contributed by atoms with E-state index in [1.165, 1.54) is 30.3 Å². The molecule has 9 heteroatoms. The second-order valence-electron chi connectivity index (χ2n) is 6.95. The van der Waals surface area contributed by atoms with Crippen LogP contribution < -0.4 is 0 Å². The molecule has 0 aliphatic carbocycles. The van der Waals surface area contributed by atoms with Crippen LogP contribution in [-0.4, -0.2) is 35.7 Å². The number of pyridine rings is 1. The summed E-state index contributed by atoms with van der Waals surface area (Å²) < 4.78 is 30.6. The predicted octanol–water partition coefficient (Wildman–Crippen LogP) is 4.62. The maximum Gasteiger partial charge on any atom is 0.346 e. The van der Waals surface area contributed by atoms with Gasteiger partial charge < -0.3 is 14.2 Å². The van der Waals surface area contributed by atoms with Gasteiger partial charge in [0.25, 0.3) is 11.6 Å². The molecule has 0 N–H and O–H groups in total. The van der Waals surface area contributed by atoms with Gasteiger partial charge in [0, 0.05) is 35.1 Å². The summed E-state index contributed by atoms with van der Waals surface area (Å²) in [5, 5.41) is 11.4. The normalized spacial score (nSPS) is 13.2. The van der Waals surface area contributed by atoms with Crippen LogP contribution in [0.3, 0.4) is 0 Å². The number of halogens is 1. The van der Waals surface area contributed by atoms with E-state index in [4.69, 9.17) is 14.2 Å². The molecule has 0 spiro atoms. The minimum atomic E-state index is -0.671. The summed E-state index contributed by atoms with van der Waals surface area (Å²) in [5.41, 5.74) is 1.76. The number of hydrogen-bond acceptors (Lipinski definition) is 7. The number of nitro groups is 1. The van der Waals surface area contributed by atoms with Gasteiger partial charge >= 0.3 is 5.97 Å². The number of nitrogens with zero attached hydrogens (tertiary/aromatic N) is 2. The number of benzene rings is 2. The van der Waals surface area contributed by atoms with Gasteiger partial charge in [-0.05, 0) is 43.3 Å². The lowest BCUT2D eigenvalue weighted by molar-refractivity contribution is -0.384. The van der Waals surface area contributed by atoms with E-state index < -0.39 is 16.7 Å². The second kappa shape index (κ2) is 9.01. The van der Waals surface area contributed by atoms with Crippen LogP contribution in [0.2, 0.25) is 0 Å². The van der Waals surface area contributed by atoms with E-state index in [9.17, 15) is 19.3 Å². The molecule has 1 aliphatic heterocycles. The Labute approximate surface area is 182 Å². The van der Waals surface area contributed by atoms with Crippen molar-refractivity contribution >= 4 is 28.1 Å². The third kappa shape index (κ3) is 4.22. The van der Waals surface area contributed by atoms with Crippen molar-refractivity contribution in [2.24, 2.45) is 0 Å². The summed E-state index contributed by atoms with van der Waals surface area (Å²) in [6.07, 6.45) is 0.666. The average molecular weight is 438 g/mol. The zero-order valence-electron chi connectivity index (χ0n) is 17.2. The zero-order valence-corrected chi connectivity index (χ0v) is 17.2. The number of rotatable bonds is 5. The van der Waals surface area contributed by atoms with Gasteiger partial charge in [0.15, 0.2) is 0 Å². The first kappa shape index (κ1) is 21.2. The Kier molecular flexibility index (Phi) is 5.98. The standard InChI is InChI=1S/C23H19FN2O6/c1-2-30-22(27)21(23-31-10-3-11-32-23)18-13-20(14-4-7-16(8-5-14)26(28)29)25-19-9-6-15(24)12-17(18)19/h4-9,12-13H,2-3,10-11H2,1H3. The SMILES string of the molecule is CCOC(=O)C(=C1OCCCO1)c1cc(-c2ccc([N+](=O)[O-])cc2)nc2ccc(F)cc12. The summed E-state index contributed by atoms with van der Waals surface area (Å²) >= 11 is 0. The summed E-state index contributed by atoms with van der Waals surface area (Å²) in [6, 6.07) is 11.5. The highest BCUT2D eigenvalue weighted by molar-refractivity contribution is 6.20. The fraction of sp³-hybridized carbons (Fsp3) is 0.217. The maximum absolute atomic E-state index is 14.1. The van der Waals surface area contributed by atoms with Crippen LogP contribution in [0.4, 0.5) is 10.1 Å². The highest BCUT2D eigenvalue weighted by atomic mass is 19.1. The lowest BCUT2D eigenvalue weighted by atomic mass is 9.98. The molecular formula is C23H19FN2O6. The van der Waals surface area contributed by atoms with Crippen LogP contribution >= 0.6 is 0 Å². The molecule has 3 aromatic rings. The van der Waals surface area contributed by atoms with Gasteiger partial charge in [-0.3, -0.25) is 10.1 Å². The van der Waals surface area contributed by atoms with Crippen LogP contribution in [0, 0.1) is 15.9 Å². The van der Waals surface area contributed by atoms with Crippen molar-refractivity contribution in [3.05, 3.63) is 76.0 Å². The molecule has 4 rings (SSSR count). The van der Waals surface area contributed by atoms with Gasteiger partial charge in [-0.15, -0.1) is 0 Å². The Bertz CT molecular complexity index is 1220. The molecule has 0 atom stereocenters. The van der Waals surface area contributed by atoms with E-state index in [1.807, 2.05) is 0 Å². The molecule has 1 aliphatic rings. The van der Waals surface area contributed by atoms with Gasteiger partial charge in [0.1, 0.15) is 11.4 Å². The van der Waals surface area contributed by atoms with Gasteiger partial charge in [-0.25, -0.2) is 14.2 Å². The van der Waals surface area contributed by atoms with E-state index in [1.54, 1.807) is 25.1 Å². The molecule has 164 valence electrons. The Hall–Kier alpha value is -4.01. The van der Waals surface area contributed by atoms with E-state index >= 15 is 0 Å². The first-order valence-corrected chi connectivity index (χ1v) is 10.0. The quantitative estimate of drug-likeness (QED) is 0.248. The molecular weight excluding hydrogens is 419 g/mol. The van der Waals surface area contributed by atoms with Crippen LogP contribution in [-0.2, 0) is 19.0 Å².